The largest absolute Gasteiger partial charge is 0.384 e. The van der Waals surface area contributed by atoms with Gasteiger partial charge in [-0.2, -0.15) is 0 Å². The Morgan fingerprint density at radius 2 is 2.00 bits per heavy atom. The van der Waals surface area contributed by atoms with Crippen LogP contribution in [-0.4, -0.2) is 48.4 Å². The van der Waals surface area contributed by atoms with Crippen molar-refractivity contribution in [3.63, 3.8) is 0 Å². The number of hydrogen-bond acceptors (Lipinski definition) is 4. The van der Waals surface area contributed by atoms with Gasteiger partial charge in [-0.15, -0.1) is 11.3 Å². The monoisotopic (exact) mass is 341 g/mol. The van der Waals surface area contributed by atoms with E-state index in [-0.39, 0.29) is 5.91 Å². The van der Waals surface area contributed by atoms with E-state index >= 15 is 0 Å². The second-order valence-electron chi connectivity index (χ2n) is 6.61. The van der Waals surface area contributed by atoms with Crippen molar-refractivity contribution >= 4 is 22.9 Å². The molecule has 3 heterocycles. The molecule has 4 nitrogen and oxygen atoms in total. The predicted molar refractivity (Wildman–Crippen MR) is 98.9 cm³/mol. The highest BCUT2D eigenvalue weighted by molar-refractivity contribution is 7.13. The quantitative estimate of drug-likeness (QED) is 0.932. The van der Waals surface area contributed by atoms with Gasteiger partial charge in [0.1, 0.15) is 0 Å². The fourth-order valence-electron chi connectivity index (χ4n) is 3.60. The number of fused-ring (bicyclic) bond motifs is 1. The highest BCUT2D eigenvalue weighted by Gasteiger charge is 2.24. The van der Waals surface area contributed by atoms with Crippen molar-refractivity contribution in [1.29, 1.82) is 0 Å². The third-order valence-corrected chi connectivity index (χ3v) is 5.93. The Balaban J connectivity index is 1.37. The molecule has 2 aliphatic rings. The molecule has 2 aliphatic heterocycles. The second-order valence-corrected chi connectivity index (χ2v) is 7.89. The van der Waals surface area contributed by atoms with Crippen LogP contribution in [0.2, 0.25) is 0 Å². The van der Waals surface area contributed by atoms with Gasteiger partial charge in [0, 0.05) is 49.8 Å². The van der Waals surface area contributed by atoms with Gasteiger partial charge in [-0.1, -0.05) is 18.2 Å². The van der Waals surface area contributed by atoms with Crippen LogP contribution in [0.15, 0.2) is 30.3 Å². The Kier molecular flexibility index (Phi) is 4.29. The lowest BCUT2D eigenvalue weighted by molar-refractivity contribution is 0.0633. The lowest BCUT2D eigenvalue weighted by Crippen LogP contribution is -2.48. The van der Waals surface area contributed by atoms with Crippen LogP contribution in [0.5, 0.6) is 0 Å². The Hall–Kier alpha value is -1.85. The van der Waals surface area contributed by atoms with Crippen LogP contribution in [0, 0.1) is 6.92 Å². The van der Waals surface area contributed by atoms with E-state index < -0.39 is 0 Å². The molecule has 1 N–H and O–H groups in total. The molecule has 0 aliphatic carbocycles. The van der Waals surface area contributed by atoms with Crippen LogP contribution in [0.4, 0.5) is 5.69 Å². The van der Waals surface area contributed by atoms with Gasteiger partial charge >= 0.3 is 0 Å². The van der Waals surface area contributed by atoms with Crippen molar-refractivity contribution in [2.45, 2.75) is 19.9 Å². The number of aryl methyl sites for hydroxylation is 1. The molecule has 1 amide bonds. The van der Waals surface area contributed by atoms with E-state index in [4.69, 9.17) is 0 Å². The van der Waals surface area contributed by atoms with E-state index in [1.807, 2.05) is 24.0 Å². The highest BCUT2D eigenvalue weighted by atomic mass is 32.1. The number of para-hydroxylation sites is 1. The number of carbonyl (C=O) groups is 1. The molecule has 0 atom stereocenters. The first-order valence-corrected chi connectivity index (χ1v) is 9.45. The van der Waals surface area contributed by atoms with Crippen molar-refractivity contribution in [3.05, 3.63) is 51.2 Å². The zero-order valence-electron chi connectivity index (χ0n) is 14.0. The summed E-state index contributed by atoms with van der Waals surface area (Å²) in [7, 11) is 0. The fraction of sp³-hybridized carbons (Fsp3) is 0.421. The summed E-state index contributed by atoms with van der Waals surface area (Å²) in [5.74, 6) is 0.190. The van der Waals surface area contributed by atoms with Crippen LogP contribution < -0.4 is 5.32 Å². The van der Waals surface area contributed by atoms with E-state index in [1.54, 1.807) is 11.3 Å². The summed E-state index contributed by atoms with van der Waals surface area (Å²) in [6, 6.07) is 10.6. The van der Waals surface area contributed by atoms with Crippen molar-refractivity contribution in [2.24, 2.45) is 0 Å². The minimum absolute atomic E-state index is 0.190. The van der Waals surface area contributed by atoms with Crippen LogP contribution >= 0.6 is 11.3 Å². The van der Waals surface area contributed by atoms with Gasteiger partial charge in [-0.05, 0) is 36.6 Å². The summed E-state index contributed by atoms with van der Waals surface area (Å²) in [6.07, 6.45) is 1.13. The SMILES string of the molecule is Cc1ccc(C(=O)N2CCN(Cc3cccc4c3NCC4)CC2)s1. The summed E-state index contributed by atoms with van der Waals surface area (Å²) in [5, 5.41) is 3.52. The summed E-state index contributed by atoms with van der Waals surface area (Å²) in [4.78, 5) is 19.1. The molecule has 0 radical (unpaired) electrons. The number of amides is 1. The van der Waals surface area contributed by atoms with Crippen molar-refractivity contribution < 1.29 is 4.79 Å². The molecule has 5 heteroatoms. The third-order valence-electron chi connectivity index (χ3n) is 4.94. The van der Waals surface area contributed by atoms with Gasteiger partial charge in [0.2, 0.25) is 0 Å². The Morgan fingerprint density at radius 1 is 1.17 bits per heavy atom. The minimum atomic E-state index is 0.190. The molecular weight excluding hydrogens is 318 g/mol. The van der Waals surface area contributed by atoms with E-state index in [0.29, 0.717) is 0 Å². The van der Waals surface area contributed by atoms with Gasteiger partial charge < -0.3 is 10.2 Å². The summed E-state index contributed by atoms with van der Waals surface area (Å²) < 4.78 is 0. The van der Waals surface area contributed by atoms with E-state index in [9.17, 15) is 4.79 Å². The maximum atomic E-state index is 12.5. The van der Waals surface area contributed by atoms with E-state index in [1.165, 1.54) is 21.7 Å². The first-order chi connectivity index (χ1) is 11.7. The summed E-state index contributed by atoms with van der Waals surface area (Å²) >= 11 is 1.59. The first-order valence-electron chi connectivity index (χ1n) is 8.63. The van der Waals surface area contributed by atoms with Crippen molar-refractivity contribution in [1.82, 2.24) is 9.80 Å². The molecule has 1 saturated heterocycles. The highest BCUT2D eigenvalue weighted by Crippen LogP contribution is 2.27. The molecule has 1 aromatic heterocycles. The molecular formula is C19H23N3OS. The van der Waals surface area contributed by atoms with Gasteiger partial charge in [-0.25, -0.2) is 0 Å². The standard InChI is InChI=1S/C19H23N3OS/c1-14-5-6-17(24-14)19(23)22-11-9-21(10-12-22)13-16-4-2-3-15-7-8-20-18(15)16/h2-6,20H,7-13H2,1H3. The molecule has 126 valence electrons. The molecule has 1 aromatic carbocycles. The molecule has 24 heavy (non-hydrogen) atoms. The number of nitrogens with one attached hydrogen (secondary N) is 1. The number of piperazine rings is 1. The minimum Gasteiger partial charge on any atom is -0.384 e. The smallest absolute Gasteiger partial charge is 0.264 e. The first kappa shape index (κ1) is 15.7. The van der Waals surface area contributed by atoms with Crippen molar-refractivity contribution in [3.8, 4) is 0 Å². The van der Waals surface area contributed by atoms with Crippen LogP contribution in [0.3, 0.4) is 0 Å². The lowest BCUT2D eigenvalue weighted by Gasteiger charge is -2.34. The van der Waals surface area contributed by atoms with E-state index in [2.05, 4.69) is 28.4 Å². The molecule has 1 fully saturated rings. The molecule has 0 unspecified atom stereocenters. The summed E-state index contributed by atoms with van der Waals surface area (Å²) in [6.45, 7) is 7.59. The van der Waals surface area contributed by atoms with Crippen molar-refractivity contribution in [2.75, 3.05) is 38.0 Å². The number of carbonyl (C=O) groups excluding carboxylic acids is 1. The predicted octanol–water partition coefficient (Wildman–Crippen LogP) is 2.98. The number of benzene rings is 1. The summed E-state index contributed by atoms with van der Waals surface area (Å²) in [5.41, 5.74) is 4.16. The second kappa shape index (κ2) is 6.57. The van der Waals surface area contributed by atoms with Crippen LogP contribution in [0.25, 0.3) is 0 Å². The molecule has 2 aromatic rings. The van der Waals surface area contributed by atoms with Gasteiger partial charge in [-0.3, -0.25) is 9.69 Å². The maximum absolute atomic E-state index is 12.5. The molecule has 0 spiro atoms. The van der Waals surface area contributed by atoms with E-state index in [0.717, 1.165) is 50.6 Å². The average Bonchev–Trinajstić information content (AvgIpc) is 3.24. The van der Waals surface area contributed by atoms with Gasteiger partial charge in [0.15, 0.2) is 0 Å². The third kappa shape index (κ3) is 3.06. The lowest BCUT2D eigenvalue weighted by atomic mass is 10.1. The number of thiophene rings is 1. The Labute approximate surface area is 147 Å². The zero-order chi connectivity index (χ0) is 16.5. The van der Waals surface area contributed by atoms with Crippen LogP contribution in [0.1, 0.15) is 25.7 Å². The topological polar surface area (TPSA) is 35.6 Å². The Bertz CT molecular complexity index is 747. The molecule has 0 saturated carbocycles. The number of rotatable bonds is 3. The zero-order valence-corrected chi connectivity index (χ0v) is 14.9. The fourth-order valence-corrected chi connectivity index (χ4v) is 4.43. The average molecular weight is 341 g/mol. The number of hydrogen-bond donors (Lipinski definition) is 1. The van der Waals surface area contributed by atoms with Crippen LogP contribution in [-0.2, 0) is 13.0 Å². The number of anilines is 1. The molecule has 0 bridgehead atoms. The van der Waals surface area contributed by atoms with Gasteiger partial charge in [0.05, 0.1) is 4.88 Å². The number of nitrogens with zero attached hydrogens (tertiary/aromatic N) is 2. The molecule has 4 rings (SSSR count). The normalized spacial score (nSPS) is 17.6. The maximum Gasteiger partial charge on any atom is 0.264 e. The van der Waals surface area contributed by atoms with Gasteiger partial charge in [0.25, 0.3) is 5.91 Å². The Morgan fingerprint density at radius 3 is 2.75 bits per heavy atom.